The van der Waals surface area contributed by atoms with Crippen molar-refractivity contribution >= 4 is 11.6 Å². The highest BCUT2D eigenvalue weighted by Crippen LogP contribution is 2.51. The van der Waals surface area contributed by atoms with Crippen molar-refractivity contribution in [1.82, 2.24) is 4.98 Å². The van der Waals surface area contributed by atoms with E-state index in [1.807, 2.05) is 0 Å². The van der Waals surface area contributed by atoms with Crippen LogP contribution in [0.25, 0.3) is 0 Å². The number of halogens is 4. The average Bonchev–Trinajstić information content (AvgIpc) is 2.02. The largest absolute Gasteiger partial charge is 0.435 e. The van der Waals surface area contributed by atoms with Crippen LogP contribution in [0.2, 0.25) is 5.02 Å². The maximum Gasteiger partial charge on any atom is 0.421 e. The van der Waals surface area contributed by atoms with Gasteiger partial charge in [0.1, 0.15) is 10.6 Å². The van der Waals surface area contributed by atoms with E-state index in [4.69, 9.17) is 11.6 Å². The number of aromatic nitrogens is 1. The molecule has 0 N–H and O–H groups in total. The smallest absolute Gasteiger partial charge is 0.421 e. The molecule has 2 aliphatic heterocycles. The van der Waals surface area contributed by atoms with E-state index in [0.29, 0.717) is 6.20 Å². The second kappa shape index (κ2) is 2.04. The molecule has 0 saturated carbocycles. The molecule has 0 unspecified atom stereocenters. The summed E-state index contributed by atoms with van der Waals surface area (Å²) in [5.41, 5.74) is -0.928. The number of hydrogen-bond donors (Lipinski definition) is 0. The predicted molar refractivity (Wildman–Crippen MR) is 34.3 cm³/mol. The van der Waals surface area contributed by atoms with Gasteiger partial charge >= 0.3 is 6.18 Å². The van der Waals surface area contributed by atoms with E-state index < -0.39 is 11.7 Å². The molecule has 3 rings (SSSR count). The highest BCUT2D eigenvalue weighted by Gasteiger charge is 2.40. The van der Waals surface area contributed by atoms with Gasteiger partial charge in [0.25, 0.3) is 0 Å². The number of ether oxygens (including phenoxy) is 1. The topological polar surface area (TPSA) is 22.1 Å². The zero-order valence-electron chi connectivity index (χ0n) is 5.44. The Hall–Kier alpha value is -0.970. The molecule has 64 valence electrons. The van der Waals surface area contributed by atoms with Gasteiger partial charge in [-0.25, -0.2) is 4.98 Å². The lowest BCUT2D eigenvalue weighted by atomic mass is 10.2. The summed E-state index contributed by atoms with van der Waals surface area (Å²) >= 11 is 5.40. The SMILES string of the molecule is FC(F)(F)c1cnc2c(Cl)c1O2. The lowest BCUT2D eigenvalue weighted by molar-refractivity contribution is -0.139. The van der Waals surface area contributed by atoms with Crippen LogP contribution in [-0.2, 0) is 6.18 Å². The molecule has 1 aromatic rings. The molecule has 0 radical (unpaired) electrons. The van der Waals surface area contributed by atoms with Crippen LogP contribution < -0.4 is 4.74 Å². The van der Waals surface area contributed by atoms with E-state index in [0.717, 1.165) is 0 Å². The van der Waals surface area contributed by atoms with E-state index in [1.54, 1.807) is 0 Å². The minimum atomic E-state index is -4.45. The van der Waals surface area contributed by atoms with Crippen molar-refractivity contribution in [1.29, 1.82) is 0 Å². The number of pyridine rings is 1. The first-order valence-corrected chi connectivity index (χ1v) is 3.31. The summed E-state index contributed by atoms with van der Waals surface area (Å²) in [6.45, 7) is 0. The zero-order chi connectivity index (χ0) is 8.93. The third-order valence-corrected chi connectivity index (χ3v) is 1.78. The van der Waals surface area contributed by atoms with Crippen molar-refractivity contribution in [2.24, 2.45) is 0 Å². The molecule has 0 amide bonds. The number of rotatable bonds is 0. The third-order valence-electron chi connectivity index (χ3n) is 1.45. The van der Waals surface area contributed by atoms with Crippen LogP contribution in [0.1, 0.15) is 5.56 Å². The van der Waals surface area contributed by atoms with Crippen molar-refractivity contribution in [3.63, 3.8) is 0 Å². The Morgan fingerprint density at radius 2 is 2.08 bits per heavy atom. The van der Waals surface area contributed by atoms with Gasteiger partial charge in [0.05, 0.1) is 0 Å². The number of fused-ring (bicyclic) bond motifs is 2. The van der Waals surface area contributed by atoms with Crippen molar-refractivity contribution in [2.45, 2.75) is 6.18 Å². The minimum Gasteiger partial charge on any atom is -0.435 e. The lowest BCUT2D eigenvalue weighted by Crippen LogP contribution is -2.13. The maximum absolute atomic E-state index is 12.1. The molecule has 6 heteroatoms. The van der Waals surface area contributed by atoms with Crippen LogP contribution in [0, 0.1) is 0 Å². The quantitative estimate of drug-likeness (QED) is 0.645. The molecule has 12 heavy (non-hydrogen) atoms. The molecular formula is C6HClF3NO. The van der Waals surface area contributed by atoms with Crippen molar-refractivity contribution in [3.8, 4) is 11.6 Å². The Kier molecular flexibility index (Phi) is 1.30. The molecule has 2 aliphatic rings. The van der Waals surface area contributed by atoms with Crippen LogP contribution in [0.15, 0.2) is 6.20 Å². The van der Waals surface area contributed by atoms with Gasteiger partial charge in [0, 0.05) is 6.20 Å². The second-order valence-electron chi connectivity index (χ2n) is 2.22. The first kappa shape index (κ1) is 7.67. The molecule has 0 atom stereocenters. The van der Waals surface area contributed by atoms with Gasteiger partial charge in [0.2, 0.25) is 5.88 Å². The van der Waals surface area contributed by atoms with Gasteiger partial charge in [-0.3, -0.25) is 0 Å². The monoisotopic (exact) mass is 195 g/mol. The highest BCUT2D eigenvalue weighted by atomic mass is 35.5. The second-order valence-corrected chi connectivity index (χ2v) is 2.60. The van der Waals surface area contributed by atoms with Gasteiger partial charge < -0.3 is 4.74 Å². The summed E-state index contributed by atoms with van der Waals surface area (Å²) in [7, 11) is 0. The number of alkyl halides is 3. The fraction of sp³-hybridized carbons (Fsp3) is 0.167. The average molecular weight is 196 g/mol. The molecule has 0 aromatic carbocycles. The first-order valence-electron chi connectivity index (χ1n) is 2.93. The molecule has 1 aromatic heterocycles. The summed E-state index contributed by atoms with van der Waals surface area (Å²) in [5.74, 6) is -0.270. The zero-order valence-corrected chi connectivity index (χ0v) is 6.20. The standard InChI is InChI=1S/C6HClF3NO/c7-3-4-2(6(8,9)10)1-11-5(3)12-4/h1H. The minimum absolute atomic E-state index is 0.0511. The first-order chi connectivity index (χ1) is 5.50. The number of hydrogen-bond acceptors (Lipinski definition) is 2. The van der Waals surface area contributed by atoms with Gasteiger partial charge in [-0.1, -0.05) is 11.6 Å². The summed E-state index contributed by atoms with van der Waals surface area (Å²) < 4.78 is 40.8. The van der Waals surface area contributed by atoms with Crippen molar-refractivity contribution in [2.75, 3.05) is 0 Å². The molecule has 2 bridgehead atoms. The lowest BCUT2D eigenvalue weighted by Gasteiger charge is -2.22. The number of nitrogens with zero attached hydrogens (tertiary/aromatic N) is 1. The summed E-state index contributed by atoms with van der Waals surface area (Å²) in [6, 6.07) is 0. The molecule has 3 heterocycles. The van der Waals surface area contributed by atoms with E-state index >= 15 is 0 Å². The Bertz CT molecular complexity index is 349. The van der Waals surface area contributed by atoms with Gasteiger partial charge in [-0.15, -0.1) is 0 Å². The third kappa shape index (κ3) is 0.859. The highest BCUT2D eigenvalue weighted by molar-refractivity contribution is 6.34. The Labute approximate surface area is 69.9 Å². The maximum atomic E-state index is 12.1. The predicted octanol–water partition coefficient (Wildman–Crippen LogP) is 2.86. The fourth-order valence-electron chi connectivity index (χ4n) is 0.877. The molecular weight excluding hydrogens is 195 g/mol. The van der Waals surface area contributed by atoms with Crippen LogP contribution in [-0.4, -0.2) is 4.98 Å². The summed E-state index contributed by atoms with van der Waals surface area (Å²) in [4.78, 5) is 3.35. The molecule has 0 fully saturated rings. The Balaban J connectivity index is 2.56. The molecule has 0 saturated heterocycles. The van der Waals surface area contributed by atoms with E-state index in [2.05, 4.69) is 9.72 Å². The molecule has 0 aliphatic carbocycles. The summed E-state index contributed by atoms with van der Waals surface area (Å²) in [5, 5.41) is -0.0511. The van der Waals surface area contributed by atoms with E-state index in [9.17, 15) is 13.2 Å². The molecule has 0 spiro atoms. The Morgan fingerprint density at radius 1 is 1.42 bits per heavy atom. The molecule has 2 nitrogen and oxygen atoms in total. The van der Waals surface area contributed by atoms with Crippen LogP contribution in [0.5, 0.6) is 11.6 Å². The van der Waals surface area contributed by atoms with Gasteiger partial charge in [-0.2, -0.15) is 13.2 Å². The van der Waals surface area contributed by atoms with Gasteiger partial charge in [0.15, 0.2) is 5.75 Å². The van der Waals surface area contributed by atoms with Crippen molar-refractivity contribution in [3.05, 3.63) is 16.8 Å². The van der Waals surface area contributed by atoms with Crippen molar-refractivity contribution < 1.29 is 17.9 Å². The fourth-order valence-corrected chi connectivity index (χ4v) is 1.10. The van der Waals surface area contributed by atoms with E-state index in [-0.39, 0.29) is 16.7 Å². The van der Waals surface area contributed by atoms with Crippen LogP contribution in [0.3, 0.4) is 0 Å². The normalized spacial score (nSPS) is 13.7. The van der Waals surface area contributed by atoms with Gasteiger partial charge in [-0.05, 0) is 0 Å². The Morgan fingerprint density at radius 3 is 2.42 bits per heavy atom. The summed E-state index contributed by atoms with van der Waals surface area (Å²) in [6.07, 6.45) is -3.75. The van der Waals surface area contributed by atoms with E-state index in [1.165, 1.54) is 0 Å². The van der Waals surface area contributed by atoms with Crippen LogP contribution in [0.4, 0.5) is 13.2 Å². The van der Waals surface area contributed by atoms with Crippen LogP contribution >= 0.6 is 11.6 Å².